The summed E-state index contributed by atoms with van der Waals surface area (Å²) in [5.74, 6) is 9.95. The number of anilines is 1. The molecule has 110 valence electrons. The van der Waals surface area contributed by atoms with Crippen molar-refractivity contribution in [3.63, 3.8) is 0 Å². The number of nitrogens with one attached hydrogen (secondary N) is 1. The summed E-state index contributed by atoms with van der Waals surface area (Å²) in [5, 5.41) is 1.06. The van der Waals surface area contributed by atoms with Gasteiger partial charge in [0.2, 0.25) is 0 Å². The molecule has 2 aromatic heterocycles. The highest BCUT2D eigenvalue weighted by Crippen LogP contribution is 2.33. The summed E-state index contributed by atoms with van der Waals surface area (Å²) < 4.78 is 0. The van der Waals surface area contributed by atoms with E-state index in [0.29, 0.717) is 0 Å². The van der Waals surface area contributed by atoms with Gasteiger partial charge in [-0.1, -0.05) is 13.8 Å². The van der Waals surface area contributed by atoms with E-state index < -0.39 is 0 Å². The Balaban J connectivity index is 2.19. The number of rotatable bonds is 6. The molecule has 0 saturated carbocycles. The predicted molar refractivity (Wildman–Crippen MR) is 90.3 cm³/mol. The molecule has 0 spiro atoms. The molecule has 0 aliphatic heterocycles. The van der Waals surface area contributed by atoms with Gasteiger partial charge in [0, 0.05) is 4.88 Å². The number of thiophene rings is 1. The van der Waals surface area contributed by atoms with Gasteiger partial charge >= 0.3 is 0 Å². The van der Waals surface area contributed by atoms with Crippen molar-refractivity contribution in [1.29, 1.82) is 0 Å². The lowest BCUT2D eigenvalue weighted by molar-refractivity contribution is 0.632. The van der Waals surface area contributed by atoms with E-state index in [1.807, 2.05) is 11.8 Å². The summed E-state index contributed by atoms with van der Waals surface area (Å²) in [6, 6.07) is 0. The lowest BCUT2D eigenvalue weighted by atomic mass is 10.2. The quantitative estimate of drug-likeness (QED) is 0.482. The fourth-order valence-corrected chi connectivity index (χ4v) is 4.09. The zero-order chi connectivity index (χ0) is 14.7. The van der Waals surface area contributed by atoms with Crippen molar-refractivity contribution in [2.75, 3.05) is 11.2 Å². The highest BCUT2D eigenvalue weighted by Gasteiger charge is 2.13. The molecule has 0 atom stereocenters. The molecular formula is C14H22N4S2. The number of nitrogens with two attached hydrogens (primary N) is 1. The first kappa shape index (κ1) is 15.5. The highest BCUT2D eigenvalue weighted by molar-refractivity contribution is 7.98. The SMILES string of the molecule is Cc1sc2nc(CSCCC(C)C)nc(NN)c2c1C. The van der Waals surface area contributed by atoms with Crippen LogP contribution in [0.2, 0.25) is 0 Å². The Morgan fingerprint density at radius 2 is 2.05 bits per heavy atom. The van der Waals surface area contributed by atoms with Gasteiger partial charge in [-0.2, -0.15) is 11.8 Å². The highest BCUT2D eigenvalue weighted by atomic mass is 32.2. The van der Waals surface area contributed by atoms with Crippen LogP contribution in [0.15, 0.2) is 0 Å². The van der Waals surface area contributed by atoms with E-state index in [2.05, 4.69) is 43.1 Å². The molecule has 2 heterocycles. The maximum Gasteiger partial charge on any atom is 0.152 e. The van der Waals surface area contributed by atoms with Gasteiger partial charge in [0.1, 0.15) is 10.7 Å². The standard InChI is InChI=1S/C14H22N4S2/c1-8(2)5-6-19-7-11-16-13(18-15)12-9(3)10(4)20-14(12)17-11/h8H,5-7,15H2,1-4H3,(H,16,17,18). The zero-order valence-electron chi connectivity index (χ0n) is 12.5. The Hall–Kier alpha value is -0.850. The van der Waals surface area contributed by atoms with Crippen LogP contribution in [0.25, 0.3) is 10.2 Å². The van der Waals surface area contributed by atoms with Gasteiger partial charge in [-0.15, -0.1) is 11.3 Å². The van der Waals surface area contributed by atoms with E-state index in [1.165, 1.54) is 16.9 Å². The average molecular weight is 310 g/mol. The molecule has 4 nitrogen and oxygen atoms in total. The lowest BCUT2D eigenvalue weighted by Crippen LogP contribution is -2.11. The van der Waals surface area contributed by atoms with E-state index in [4.69, 9.17) is 5.84 Å². The number of hydrogen-bond acceptors (Lipinski definition) is 6. The summed E-state index contributed by atoms with van der Waals surface area (Å²) >= 11 is 3.60. The second kappa shape index (κ2) is 6.74. The molecule has 3 N–H and O–H groups in total. The summed E-state index contributed by atoms with van der Waals surface area (Å²) in [7, 11) is 0. The van der Waals surface area contributed by atoms with Gasteiger partial charge in [-0.3, -0.25) is 0 Å². The number of aromatic nitrogens is 2. The normalized spacial score (nSPS) is 11.5. The van der Waals surface area contributed by atoms with E-state index in [-0.39, 0.29) is 0 Å². The van der Waals surface area contributed by atoms with Gasteiger partial charge in [0.25, 0.3) is 0 Å². The van der Waals surface area contributed by atoms with Crippen LogP contribution in [0.5, 0.6) is 0 Å². The van der Waals surface area contributed by atoms with Crippen molar-refractivity contribution in [2.24, 2.45) is 11.8 Å². The fourth-order valence-electron chi connectivity index (χ4n) is 1.95. The largest absolute Gasteiger partial charge is 0.308 e. The smallest absolute Gasteiger partial charge is 0.152 e. The van der Waals surface area contributed by atoms with Crippen LogP contribution in [-0.4, -0.2) is 15.7 Å². The fraction of sp³-hybridized carbons (Fsp3) is 0.571. The molecular weight excluding hydrogens is 288 g/mol. The molecule has 0 aliphatic carbocycles. The molecule has 0 bridgehead atoms. The van der Waals surface area contributed by atoms with Crippen LogP contribution in [-0.2, 0) is 5.75 Å². The average Bonchev–Trinajstić information content (AvgIpc) is 2.69. The Morgan fingerprint density at radius 3 is 2.70 bits per heavy atom. The van der Waals surface area contributed by atoms with Crippen LogP contribution in [0.1, 0.15) is 36.5 Å². The number of hydrogen-bond donors (Lipinski definition) is 2. The van der Waals surface area contributed by atoms with Crippen molar-refractivity contribution in [3.8, 4) is 0 Å². The minimum absolute atomic E-state index is 0.745. The predicted octanol–water partition coefficient (Wildman–Crippen LogP) is 3.87. The number of fused-ring (bicyclic) bond motifs is 1. The number of nitrogen functional groups attached to an aromatic ring is 1. The van der Waals surface area contributed by atoms with Gasteiger partial charge in [0.15, 0.2) is 5.82 Å². The van der Waals surface area contributed by atoms with Crippen molar-refractivity contribution in [1.82, 2.24) is 9.97 Å². The Kier molecular flexibility index (Phi) is 5.23. The second-order valence-electron chi connectivity index (χ2n) is 5.33. The van der Waals surface area contributed by atoms with E-state index in [0.717, 1.165) is 39.3 Å². The van der Waals surface area contributed by atoms with Crippen LogP contribution in [0, 0.1) is 19.8 Å². The van der Waals surface area contributed by atoms with Crippen LogP contribution < -0.4 is 11.3 Å². The number of thioether (sulfide) groups is 1. The third kappa shape index (κ3) is 3.42. The maximum atomic E-state index is 5.62. The van der Waals surface area contributed by atoms with Crippen LogP contribution >= 0.6 is 23.1 Å². The monoisotopic (exact) mass is 310 g/mol. The molecule has 0 amide bonds. The van der Waals surface area contributed by atoms with E-state index in [9.17, 15) is 0 Å². The lowest BCUT2D eigenvalue weighted by Gasteiger charge is -2.07. The Labute approximate surface area is 128 Å². The summed E-state index contributed by atoms with van der Waals surface area (Å²) in [6.45, 7) is 8.70. The number of hydrazine groups is 1. The van der Waals surface area contributed by atoms with Crippen LogP contribution in [0.3, 0.4) is 0 Å². The van der Waals surface area contributed by atoms with Gasteiger partial charge in [-0.25, -0.2) is 15.8 Å². The van der Waals surface area contributed by atoms with Crippen molar-refractivity contribution in [3.05, 3.63) is 16.3 Å². The molecule has 0 aromatic carbocycles. The Bertz CT molecular complexity index is 592. The first-order valence-electron chi connectivity index (χ1n) is 6.84. The summed E-state index contributed by atoms with van der Waals surface area (Å²) in [4.78, 5) is 11.5. The molecule has 6 heteroatoms. The summed E-state index contributed by atoms with van der Waals surface area (Å²) in [5.41, 5.74) is 3.94. The van der Waals surface area contributed by atoms with Crippen LogP contribution in [0.4, 0.5) is 5.82 Å². The van der Waals surface area contributed by atoms with Crippen molar-refractivity contribution in [2.45, 2.75) is 39.9 Å². The molecule has 2 aromatic rings. The zero-order valence-corrected chi connectivity index (χ0v) is 14.1. The van der Waals surface area contributed by atoms with Crippen molar-refractivity contribution < 1.29 is 0 Å². The second-order valence-corrected chi connectivity index (χ2v) is 7.64. The van der Waals surface area contributed by atoms with Gasteiger partial charge in [-0.05, 0) is 37.5 Å². The Morgan fingerprint density at radius 1 is 1.30 bits per heavy atom. The third-order valence-corrected chi connectivity index (χ3v) is 5.37. The molecule has 0 fully saturated rings. The molecule has 0 radical (unpaired) electrons. The molecule has 20 heavy (non-hydrogen) atoms. The number of nitrogens with zero attached hydrogens (tertiary/aromatic N) is 2. The molecule has 0 aliphatic rings. The van der Waals surface area contributed by atoms with Crippen molar-refractivity contribution >= 4 is 39.1 Å². The van der Waals surface area contributed by atoms with Gasteiger partial charge in [0.05, 0.1) is 11.1 Å². The number of aryl methyl sites for hydroxylation is 2. The summed E-state index contributed by atoms with van der Waals surface area (Å²) in [6.07, 6.45) is 1.23. The minimum Gasteiger partial charge on any atom is -0.308 e. The first-order chi connectivity index (χ1) is 9.52. The minimum atomic E-state index is 0.745. The third-order valence-electron chi connectivity index (χ3n) is 3.28. The van der Waals surface area contributed by atoms with Gasteiger partial charge < -0.3 is 5.43 Å². The molecule has 0 saturated heterocycles. The first-order valence-corrected chi connectivity index (χ1v) is 8.81. The van der Waals surface area contributed by atoms with E-state index in [1.54, 1.807) is 11.3 Å². The topological polar surface area (TPSA) is 63.8 Å². The molecule has 0 unspecified atom stereocenters. The molecule has 2 rings (SSSR count). The van der Waals surface area contributed by atoms with E-state index >= 15 is 0 Å². The maximum absolute atomic E-state index is 5.62.